The molecule has 6 nitrogen and oxygen atoms in total. The highest BCUT2D eigenvalue weighted by Gasteiger charge is 2.24. The maximum atomic E-state index is 12.1. The molecule has 1 amide bonds. The van der Waals surface area contributed by atoms with Crippen molar-refractivity contribution in [1.82, 2.24) is 15.1 Å². The van der Waals surface area contributed by atoms with E-state index in [-0.39, 0.29) is 12.0 Å². The van der Waals surface area contributed by atoms with Crippen LogP contribution in [0.3, 0.4) is 0 Å². The van der Waals surface area contributed by atoms with Gasteiger partial charge in [0, 0.05) is 0 Å². The van der Waals surface area contributed by atoms with Crippen molar-refractivity contribution in [2.24, 2.45) is 5.92 Å². The second-order valence-electron chi connectivity index (χ2n) is 5.71. The first-order valence-corrected chi connectivity index (χ1v) is 7.19. The van der Waals surface area contributed by atoms with Gasteiger partial charge in [-0.05, 0) is 52.6 Å². The molecule has 1 aliphatic heterocycles. The molecule has 2 rings (SSSR count). The lowest BCUT2D eigenvalue weighted by atomic mass is 9.92. The van der Waals surface area contributed by atoms with Crippen LogP contribution in [-0.2, 0) is 4.79 Å². The van der Waals surface area contributed by atoms with Gasteiger partial charge in [-0.15, -0.1) is 0 Å². The summed E-state index contributed by atoms with van der Waals surface area (Å²) in [6, 6.07) is 0. The van der Waals surface area contributed by atoms with Crippen LogP contribution in [0.2, 0.25) is 0 Å². The van der Waals surface area contributed by atoms with Crippen molar-refractivity contribution < 1.29 is 9.90 Å². The molecule has 1 atom stereocenters. The lowest BCUT2D eigenvalue weighted by Gasteiger charge is -2.32. The summed E-state index contributed by atoms with van der Waals surface area (Å²) in [5.74, 6) is 0.362. The van der Waals surface area contributed by atoms with Gasteiger partial charge in [-0.2, -0.15) is 5.10 Å². The van der Waals surface area contributed by atoms with Gasteiger partial charge >= 0.3 is 0 Å². The number of aromatic nitrogens is 2. The third-order valence-electron chi connectivity index (χ3n) is 4.07. The molecule has 1 unspecified atom stereocenters. The summed E-state index contributed by atoms with van der Waals surface area (Å²) in [6.07, 6.45) is 1.66. The van der Waals surface area contributed by atoms with Gasteiger partial charge in [0.1, 0.15) is 0 Å². The van der Waals surface area contributed by atoms with Crippen LogP contribution in [0.15, 0.2) is 0 Å². The second kappa shape index (κ2) is 6.37. The number of nitrogens with zero attached hydrogens (tertiary/aromatic N) is 2. The van der Waals surface area contributed by atoms with Crippen molar-refractivity contribution >= 4 is 11.6 Å². The molecule has 0 aliphatic carbocycles. The standard InChI is InChI=1S/C14H24N4O2/c1-9-14(10(2)17-16-9)15-13(20)8-18-6-4-12(5-7-18)11(3)19/h11-12,19H,4-8H2,1-3H3,(H,15,20)(H,16,17). The Labute approximate surface area is 119 Å². The van der Waals surface area contributed by atoms with Crippen LogP contribution in [-0.4, -0.2) is 51.8 Å². The van der Waals surface area contributed by atoms with Gasteiger partial charge in [0.25, 0.3) is 0 Å². The summed E-state index contributed by atoms with van der Waals surface area (Å²) in [7, 11) is 0. The number of rotatable bonds is 4. The third kappa shape index (κ3) is 3.58. The van der Waals surface area contributed by atoms with E-state index >= 15 is 0 Å². The number of aromatic amines is 1. The molecule has 0 spiro atoms. The number of hydrogen-bond acceptors (Lipinski definition) is 4. The van der Waals surface area contributed by atoms with E-state index in [1.54, 1.807) is 0 Å². The zero-order chi connectivity index (χ0) is 14.7. The Hall–Kier alpha value is -1.40. The zero-order valence-corrected chi connectivity index (χ0v) is 12.4. The summed E-state index contributed by atoms with van der Waals surface area (Å²) >= 11 is 0. The molecule has 0 aromatic carbocycles. The number of carbonyl (C=O) groups excluding carboxylic acids is 1. The highest BCUT2D eigenvalue weighted by molar-refractivity contribution is 5.93. The molecule has 2 heterocycles. The SMILES string of the molecule is Cc1n[nH]c(C)c1NC(=O)CN1CCC(C(C)O)CC1. The molecule has 1 aromatic heterocycles. The Kier molecular flexibility index (Phi) is 4.77. The summed E-state index contributed by atoms with van der Waals surface area (Å²) in [6.45, 7) is 7.74. The van der Waals surface area contributed by atoms with Gasteiger partial charge in [-0.1, -0.05) is 0 Å². The molecule has 1 aromatic rings. The monoisotopic (exact) mass is 280 g/mol. The van der Waals surface area contributed by atoms with Crippen LogP contribution in [0.4, 0.5) is 5.69 Å². The first kappa shape index (κ1) is 15.0. The van der Waals surface area contributed by atoms with Gasteiger partial charge in [0.15, 0.2) is 0 Å². The number of H-pyrrole nitrogens is 1. The molecule has 1 saturated heterocycles. The van der Waals surface area contributed by atoms with Crippen LogP contribution in [0.1, 0.15) is 31.2 Å². The number of piperidine rings is 1. The Balaban J connectivity index is 1.81. The minimum atomic E-state index is -0.248. The number of carbonyl (C=O) groups is 1. The Morgan fingerprint density at radius 2 is 2.15 bits per heavy atom. The molecule has 1 fully saturated rings. The van der Waals surface area contributed by atoms with Crippen LogP contribution < -0.4 is 5.32 Å². The average molecular weight is 280 g/mol. The lowest BCUT2D eigenvalue weighted by Crippen LogP contribution is -2.41. The predicted octanol–water partition coefficient (Wildman–Crippen LogP) is 1.06. The fourth-order valence-electron chi connectivity index (χ4n) is 2.71. The third-order valence-corrected chi connectivity index (χ3v) is 4.07. The molecule has 1 aliphatic rings. The van der Waals surface area contributed by atoms with Gasteiger partial charge in [0.2, 0.25) is 5.91 Å². The average Bonchev–Trinajstić information content (AvgIpc) is 2.71. The first-order chi connectivity index (χ1) is 9.47. The largest absolute Gasteiger partial charge is 0.393 e. The number of anilines is 1. The Morgan fingerprint density at radius 3 is 2.65 bits per heavy atom. The zero-order valence-electron chi connectivity index (χ0n) is 12.4. The van der Waals surface area contributed by atoms with E-state index in [9.17, 15) is 9.90 Å². The molecule has 0 radical (unpaired) electrons. The van der Waals surface area contributed by atoms with E-state index in [1.165, 1.54) is 0 Å². The van der Waals surface area contributed by atoms with E-state index in [1.807, 2.05) is 20.8 Å². The van der Waals surface area contributed by atoms with Gasteiger partial charge < -0.3 is 10.4 Å². The fraction of sp³-hybridized carbons (Fsp3) is 0.714. The number of amides is 1. The van der Waals surface area contributed by atoms with Crippen molar-refractivity contribution in [3.63, 3.8) is 0 Å². The van der Waals surface area contributed by atoms with E-state index < -0.39 is 0 Å². The summed E-state index contributed by atoms with van der Waals surface area (Å²) in [4.78, 5) is 14.2. The molecular formula is C14H24N4O2. The molecule has 0 bridgehead atoms. The Morgan fingerprint density at radius 1 is 1.50 bits per heavy atom. The number of aliphatic hydroxyl groups excluding tert-OH is 1. The van der Waals surface area contributed by atoms with Crippen molar-refractivity contribution in [3.8, 4) is 0 Å². The number of aliphatic hydroxyl groups is 1. The van der Waals surface area contributed by atoms with Gasteiger partial charge in [-0.3, -0.25) is 14.8 Å². The van der Waals surface area contributed by atoms with Crippen molar-refractivity contribution in [2.45, 2.75) is 39.7 Å². The molecule has 0 saturated carbocycles. The number of aryl methyl sites for hydroxylation is 2. The smallest absolute Gasteiger partial charge is 0.238 e. The maximum absolute atomic E-state index is 12.1. The second-order valence-corrected chi connectivity index (χ2v) is 5.71. The van der Waals surface area contributed by atoms with Crippen molar-refractivity contribution in [3.05, 3.63) is 11.4 Å². The molecule has 6 heteroatoms. The van der Waals surface area contributed by atoms with Crippen LogP contribution in [0.5, 0.6) is 0 Å². The molecule has 20 heavy (non-hydrogen) atoms. The van der Waals surface area contributed by atoms with Crippen molar-refractivity contribution in [1.29, 1.82) is 0 Å². The van der Waals surface area contributed by atoms with Crippen molar-refractivity contribution in [2.75, 3.05) is 25.0 Å². The highest BCUT2D eigenvalue weighted by Crippen LogP contribution is 2.21. The number of likely N-dealkylation sites (tertiary alicyclic amines) is 1. The highest BCUT2D eigenvalue weighted by atomic mass is 16.3. The Bertz CT molecular complexity index is 442. The normalized spacial score (nSPS) is 19.0. The van der Waals surface area contributed by atoms with E-state index in [0.717, 1.165) is 43.0 Å². The van der Waals surface area contributed by atoms with E-state index in [4.69, 9.17) is 0 Å². The van der Waals surface area contributed by atoms with Crippen LogP contribution in [0, 0.1) is 19.8 Å². The fourth-order valence-corrected chi connectivity index (χ4v) is 2.71. The molecular weight excluding hydrogens is 256 g/mol. The van der Waals surface area contributed by atoms with E-state index in [2.05, 4.69) is 20.4 Å². The lowest BCUT2D eigenvalue weighted by molar-refractivity contribution is -0.117. The summed E-state index contributed by atoms with van der Waals surface area (Å²) in [5.41, 5.74) is 2.47. The van der Waals surface area contributed by atoms with Crippen LogP contribution in [0.25, 0.3) is 0 Å². The van der Waals surface area contributed by atoms with E-state index in [0.29, 0.717) is 12.5 Å². The van der Waals surface area contributed by atoms with Gasteiger partial charge in [-0.25, -0.2) is 0 Å². The minimum Gasteiger partial charge on any atom is -0.393 e. The summed E-state index contributed by atoms with van der Waals surface area (Å²) in [5, 5.41) is 19.4. The first-order valence-electron chi connectivity index (χ1n) is 7.19. The summed E-state index contributed by atoms with van der Waals surface area (Å²) < 4.78 is 0. The molecule has 3 N–H and O–H groups in total. The molecule has 112 valence electrons. The topological polar surface area (TPSA) is 81.2 Å². The van der Waals surface area contributed by atoms with Crippen LogP contribution >= 0.6 is 0 Å². The maximum Gasteiger partial charge on any atom is 0.238 e. The number of hydrogen-bond donors (Lipinski definition) is 3. The van der Waals surface area contributed by atoms with Gasteiger partial charge in [0.05, 0.1) is 29.7 Å². The minimum absolute atomic E-state index is 0.00639. The number of nitrogens with one attached hydrogen (secondary N) is 2. The quantitative estimate of drug-likeness (QED) is 0.770. The predicted molar refractivity (Wildman–Crippen MR) is 77.5 cm³/mol.